The Labute approximate surface area is 290 Å². The van der Waals surface area contributed by atoms with Crippen molar-refractivity contribution in [1.82, 2.24) is 0 Å². The van der Waals surface area contributed by atoms with Gasteiger partial charge in [-0.05, 0) is 141 Å². The van der Waals surface area contributed by atoms with E-state index in [1.54, 1.807) is 0 Å². The zero-order valence-corrected chi connectivity index (χ0v) is 34.1. The fraction of sp³-hybridized carbons (Fsp3) is 0.812. The third kappa shape index (κ3) is 11.3. The van der Waals surface area contributed by atoms with Gasteiger partial charge >= 0.3 is 0 Å². The summed E-state index contributed by atoms with van der Waals surface area (Å²) in [7, 11) is 0. The number of hydrogen-bond donors (Lipinski definition) is 0. The van der Waals surface area contributed by atoms with E-state index >= 15 is 0 Å². The maximum atomic E-state index is 6.23. The molecule has 1 aromatic rings. The van der Waals surface area contributed by atoms with Crippen molar-refractivity contribution in [3.63, 3.8) is 0 Å². The summed E-state index contributed by atoms with van der Waals surface area (Å²) in [5.41, 5.74) is -0.626. The molecule has 1 aromatic carbocycles. The number of halogens is 2. The molecule has 242 valence electrons. The van der Waals surface area contributed by atoms with Crippen molar-refractivity contribution >= 4 is 78.9 Å². The van der Waals surface area contributed by atoms with E-state index in [1.165, 1.54) is 28.5 Å². The molecule has 2 aliphatic rings. The van der Waals surface area contributed by atoms with Gasteiger partial charge in [0, 0.05) is 55.0 Å². The van der Waals surface area contributed by atoms with Gasteiger partial charge in [0.2, 0.25) is 0 Å². The Balaban J connectivity index is 1.89. The highest BCUT2D eigenvalue weighted by Crippen LogP contribution is 2.70. The quantitative estimate of drug-likeness (QED) is 0.207. The van der Waals surface area contributed by atoms with Crippen LogP contribution >= 0.6 is 78.9 Å². The third-order valence-electron chi connectivity index (χ3n) is 6.43. The van der Waals surface area contributed by atoms with Gasteiger partial charge in [0.25, 0.3) is 0 Å². The average molecular weight is 789 g/mol. The van der Waals surface area contributed by atoms with Gasteiger partial charge in [0.15, 0.2) is 0 Å². The lowest BCUT2D eigenvalue weighted by Gasteiger charge is -2.31. The van der Waals surface area contributed by atoms with Gasteiger partial charge in [-0.3, -0.25) is 0 Å². The van der Waals surface area contributed by atoms with Crippen molar-refractivity contribution < 1.29 is 18.9 Å². The fourth-order valence-electron chi connectivity index (χ4n) is 4.46. The van der Waals surface area contributed by atoms with Gasteiger partial charge < -0.3 is 18.9 Å². The second kappa shape index (κ2) is 14.3. The van der Waals surface area contributed by atoms with Crippen LogP contribution in [0.2, 0.25) is 0 Å². The van der Waals surface area contributed by atoms with E-state index in [9.17, 15) is 0 Å². The predicted octanol–water partition coefficient (Wildman–Crippen LogP) is 11.8. The Morgan fingerprint density at radius 3 is 0.786 bits per heavy atom. The first kappa shape index (κ1) is 37.9. The summed E-state index contributed by atoms with van der Waals surface area (Å²) in [6, 6.07) is 0. The Bertz CT molecular complexity index is 918. The van der Waals surface area contributed by atoms with Gasteiger partial charge in [0.05, 0.1) is 30.6 Å². The van der Waals surface area contributed by atoms with Crippen LogP contribution in [-0.2, 0) is 18.9 Å². The molecule has 42 heavy (non-hydrogen) atoms. The first-order chi connectivity index (χ1) is 19.0. The van der Waals surface area contributed by atoms with Crippen LogP contribution in [0.15, 0.2) is 28.5 Å². The Morgan fingerprint density at radius 2 is 0.619 bits per heavy atom. The standard InChI is InChI=1S/C32H52Br2O4S4/c1-27(2,3)35-17-13-31(14-18-36-28(4,5)6)39-23-21(33)25-26(22(34)24(23)40-31)42-32(41-25,15-19-37-29(7,8)9)16-20-38-30(10,11)12/h13-20H2,1-12H3. The van der Waals surface area contributed by atoms with Crippen molar-refractivity contribution in [3.05, 3.63) is 8.95 Å². The molecule has 0 saturated heterocycles. The van der Waals surface area contributed by atoms with E-state index in [1.807, 2.05) is 47.0 Å². The number of benzene rings is 1. The smallest absolute Gasteiger partial charge is 0.0750 e. The van der Waals surface area contributed by atoms with Crippen molar-refractivity contribution in [3.8, 4) is 0 Å². The minimum atomic E-state index is -0.157. The van der Waals surface area contributed by atoms with Crippen LogP contribution < -0.4 is 0 Å². The van der Waals surface area contributed by atoms with Crippen LogP contribution in [0.3, 0.4) is 0 Å². The number of thioether (sulfide) groups is 4. The van der Waals surface area contributed by atoms with E-state index < -0.39 is 0 Å². The Morgan fingerprint density at radius 1 is 0.429 bits per heavy atom. The maximum absolute atomic E-state index is 6.23. The monoisotopic (exact) mass is 786 g/mol. The molecule has 0 aromatic heterocycles. The molecule has 0 bridgehead atoms. The molecule has 10 heteroatoms. The lowest BCUT2D eigenvalue weighted by atomic mass is 10.1. The lowest BCUT2D eigenvalue weighted by Crippen LogP contribution is -2.28. The third-order valence-corrected chi connectivity index (χ3v) is 15.9. The summed E-state index contributed by atoms with van der Waals surface area (Å²) >= 11 is 16.2. The molecule has 2 heterocycles. The van der Waals surface area contributed by atoms with Crippen molar-refractivity contribution in [1.29, 1.82) is 0 Å². The van der Waals surface area contributed by atoms with Gasteiger partial charge in [-0.2, -0.15) is 0 Å². The Hall–Kier alpha value is 1.42. The summed E-state index contributed by atoms with van der Waals surface area (Å²) in [5, 5.41) is 0. The lowest BCUT2D eigenvalue weighted by molar-refractivity contribution is -0.0149. The molecule has 0 radical (unpaired) electrons. The second-order valence-corrected chi connectivity index (χ2v) is 22.7. The van der Waals surface area contributed by atoms with Crippen LogP contribution in [0, 0.1) is 0 Å². The topological polar surface area (TPSA) is 36.9 Å². The molecule has 0 amide bonds. The highest BCUT2D eigenvalue weighted by atomic mass is 79.9. The SMILES string of the molecule is CC(C)(C)OCCC1(CCOC(C)(C)C)Sc2c(Br)c3c(c(Br)c2S1)SC(CCOC(C)(C)C)(CCOC(C)(C)C)S3. The highest BCUT2D eigenvalue weighted by Gasteiger charge is 2.47. The minimum Gasteiger partial charge on any atom is -0.376 e. The average Bonchev–Trinajstić information content (AvgIpc) is 3.35. The van der Waals surface area contributed by atoms with Gasteiger partial charge in [0.1, 0.15) is 0 Å². The van der Waals surface area contributed by atoms with Gasteiger partial charge in [-0.1, -0.05) is 0 Å². The molecular formula is C32H52Br2O4S4. The minimum absolute atomic E-state index is 0.0491. The first-order valence-corrected chi connectivity index (χ1v) is 19.7. The van der Waals surface area contributed by atoms with E-state index in [0.717, 1.165) is 52.1 Å². The molecule has 2 aliphatic heterocycles. The Kier molecular flexibility index (Phi) is 12.9. The second-order valence-electron chi connectivity index (χ2n) is 15.0. The van der Waals surface area contributed by atoms with Crippen LogP contribution in [0.1, 0.15) is 109 Å². The van der Waals surface area contributed by atoms with Gasteiger partial charge in [-0.25, -0.2) is 0 Å². The molecule has 0 spiro atoms. The first-order valence-electron chi connectivity index (χ1n) is 14.9. The number of ether oxygens (including phenoxy) is 4. The van der Waals surface area contributed by atoms with Crippen molar-refractivity contribution in [2.45, 2.75) is 159 Å². The molecule has 0 atom stereocenters. The number of rotatable bonds is 12. The molecule has 0 unspecified atom stereocenters. The largest absolute Gasteiger partial charge is 0.376 e. The van der Waals surface area contributed by atoms with Gasteiger partial charge in [-0.15, -0.1) is 47.0 Å². The van der Waals surface area contributed by atoms with Crippen molar-refractivity contribution in [2.24, 2.45) is 0 Å². The highest BCUT2D eigenvalue weighted by molar-refractivity contribution is 9.11. The molecule has 0 aliphatic carbocycles. The molecule has 0 saturated carbocycles. The van der Waals surface area contributed by atoms with E-state index in [2.05, 4.69) is 115 Å². The van der Waals surface area contributed by atoms with E-state index in [0.29, 0.717) is 0 Å². The predicted molar refractivity (Wildman–Crippen MR) is 192 cm³/mol. The summed E-state index contributed by atoms with van der Waals surface area (Å²) in [6.45, 7) is 28.4. The zero-order valence-electron chi connectivity index (χ0n) is 27.7. The van der Waals surface area contributed by atoms with Crippen molar-refractivity contribution in [2.75, 3.05) is 26.4 Å². The number of hydrogen-bond acceptors (Lipinski definition) is 8. The molecule has 0 fully saturated rings. The number of fused-ring (bicyclic) bond motifs is 2. The van der Waals surface area contributed by atoms with Crippen LogP contribution in [0.25, 0.3) is 0 Å². The maximum Gasteiger partial charge on any atom is 0.0750 e. The molecule has 4 nitrogen and oxygen atoms in total. The molecule has 0 N–H and O–H groups in total. The normalized spacial score (nSPS) is 18.4. The van der Waals surface area contributed by atoms with E-state index in [4.69, 9.17) is 18.9 Å². The fourth-order valence-corrected chi connectivity index (χ4v) is 13.2. The van der Waals surface area contributed by atoms with E-state index in [-0.39, 0.29) is 30.6 Å². The molecular weight excluding hydrogens is 736 g/mol. The summed E-state index contributed by atoms with van der Waals surface area (Å²) in [6.07, 6.45) is 3.79. The summed E-state index contributed by atoms with van der Waals surface area (Å²) < 4.78 is 27.3. The zero-order chi connectivity index (χ0) is 31.8. The summed E-state index contributed by atoms with van der Waals surface area (Å²) in [5.74, 6) is 0. The van der Waals surface area contributed by atoms with Crippen LogP contribution in [-0.4, -0.2) is 57.0 Å². The van der Waals surface area contributed by atoms with Crippen LogP contribution in [0.4, 0.5) is 0 Å². The van der Waals surface area contributed by atoms with Crippen LogP contribution in [0.5, 0.6) is 0 Å². The summed E-state index contributed by atoms with van der Waals surface area (Å²) in [4.78, 5) is 5.33. The molecule has 3 rings (SSSR count).